The molecule has 7 nitrogen and oxygen atoms in total. The van der Waals surface area contributed by atoms with E-state index in [2.05, 4.69) is 10.6 Å². The van der Waals surface area contributed by atoms with Gasteiger partial charge in [0.05, 0.1) is 24.0 Å². The maximum Gasteiger partial charge on any atom is 0.313 e. The Balaban J connectivity index is 1.87. The molecule has 1 unspecified atom stereocenters. The number of aliphatic hydroxyl groups is 1. The van der Waals surface area contributed by atoms with Gasteiger partial charge in [0.1, 0.15) is 11.5 Å². The number of halogens is 1. The quantitative estimate of drug-likeness (QED) is 0.679. The number of methoxy groups -OCH3 is 1. The third-order valence-electron chi connectivity index (χ3n) is 3.38. The van der Waals surface area contributed by atoms with Gasteiger partial charge < -0.3 is 24.9 Å². The van der Waals surface area contributed by atoms with Crippen molar-refractivity contribution in [3.8, 4) is 5.75 Å². The highest BCUT2D eigenvalue weighted by molar-refractivity contribution is 6.40. The third kappa shape index (κ3) is 5.51. The van der Waals surface area contributed by atoms with Gasteiger partial charge in [-0.15, -0.1) is 0 Å². The molecule has 0 saturated heterocycles. The molecule has 2 amide bonds. The van der Waals surface area contributed by atoms with Crippen LogP contribution in [0.4, 0.5) is 5.69 Å². The van der Waals surface area contributed by atoms with Gasteiger partial charge in [0.25, 0.3) is 0 Å². The summed E-state index contributed by atoms with van der Waals surface area (Å²) in [4.78, 5) is 23.8. The van der Waals surface area contributed by atoms with Gasteiger partial charge in [-0.25, -0.2) is 0 Å². The minimum absolute atomic E-state index is 0.108. The molecule has 0 fully saturated rings. The summed E-state index contributed by atoms with van der Waals surface area (Å²) in [6, 6.07) is 8.03. The van der Waals surface area contributed by atoms with Crippen LogP contribution >= 0.6 is 11.6 Å². The van der Waals surface area contributed by atoms with Gasteiger partial charge in [0, 0.05) is 18.7 Å². The van der Waals surface area contributed by atoms with E-state index in [-0.39, 0.29) is 13.0 Å². The number of furan rings is 1. The van der Waals surface area contributed by atoms with Crippen LogP contribution in [-0.4, -0.2) is 36.2 Å². The fourth-order valence-electron chi connectivity index (χ4n) is 2.13. The fraction of sp³-hybridized carbons (Fsp3) is 0.294. The summed E-state index contributed by atoms with van der Waals surface area (Å²) >= 11 is 5.96. The van der Waals surface area contributed by atoms with Crippen molar-refractivity contribution in [3.63, 3.8) is 0 Å². The van der Waals surface area contributed by atoms with Crippen LogP contribution in [0.3, 0.4) is 0 Å². The van der Waals surface area contributed by atoms with Gasteiger partial charge in [0.2, 0.25) is 0 Å². The molecule has 25 heavy (non-hydrogen) atoms. The lowest BCUT2D eigenvalue weighted by atomic mass is 10.0. The summed E-state index contributed by atoms with van der Waals surface area (Å²) in [6.45, 7) is 1.43. The lowest BCUT2D eigenvalue weighted by Crippen LogP contribution is -2.45. The molecule has 134 valence electrons. The first kappa shape index (κ1) is 18.8. The Kier molecular flexibility index (Phi) is 6.06. The zero-order valence-electron chi connectivity index (χ0n) is 13.8. The summed E-state index contributed by atoms with van der Waals surface area (Å²) in [5.41, 5.74) is -0.898. The molecule has 8 heteroatoms. The Labute approximate surface area is 149 Å². The molecule has 2 aromatic rings. The summed E-state index contributed by atoms with van der Waals surface area (Å²) in [7, 11) is 1.47. The van der Waals surface area contributed by atoms with Crippen molar-refractivity contribution in [3.05, 3.63) is 47.4 Å². The van der Waals surface area contributed by atoms with E-state index in [1.165, 1.54) is 26.4 Å². The van der Waals surface area contributed by atoms with Crippen LogP contribution in [0.15, 0.2) is 41.0 Å². The van der Waals surface area contributed by atoms with Crippen LogP contribution in [0.5, 0.6) is 5.75 Å². The van der Waals surface area contributed by atoms with E-state index >= 15 is 0 Å². The number of rotatable bonds is 6. The van der Waals surface area contributed by atoms with Crippen LogP contribution in [0.1, 0.15) is 12.7 Å². The molecule has 2 rings (SSSR count). The Morgan fingerprint density at radius 3 is 2.68 bits per heavy atom. The normalized spacial score (nSPS) is 13.0. The van der Waals surface area contributed by atoms with E-state index in [9.17, 15) is 14.7 Å². The molecular weight excluding hydrogens is 348 g/mol. The van der Waals surface area contributed by atoms with Gasteiger partial charge in [-0.3, -0.25) is 9.59 Å². The topological polar surface area (TPSA) is 101 Å². The predicted molar refractivity (Wildman–Crippen MR) is 92.7 cm³/mol. The zero-order valence-corrected chi connectivity index (χ0v) is 14.6. The molecular formula is C17H19ClN2O5. The second-order valence-electron chi connectivity index (χ2n) is 5.74. The van der Waals surface area contributed by atoms with Crippen molar-refractivity contribution in [1.29, 1.82) is 0 Å². The predicted octanol–water partition coefficient (Wildman–Crippen LogP) is 1.99. The van der Waals surface area contributed by atoms with E-state index in [1.807, 2.05) is 0 Å². The third-order valence-corrected chi connectivity index (χ3v) is 3.68. The van der Waals surface area contributed by atoms with Crippen molar-refractivity contribution in [2.24, 2.45) is 0 Å². The monoisotopic (exact) mass is 366 g/mol. The first-order chi connectivity index (χ1) is 11.8. The second-order valence-corrected chi connectivity index (χ2v) is 6.15. The lowest BCUT2D eigenvalue weighted by Gasteiger charge is -2.22. The number of nitrogens with one attached hydrogen (secondary N) is 2. The van der Waals surface area contributed by atoms with Gasteiger partial charge in [-0.05, 0) is 37.3 Å². The number of hydrogen-bond acceptors (Lipinski definition) is 5. The van der Waals surface area contributed by atoms with Gasteiger partial charge >= 0.3 is 11.8 Å². The number of hydrogen-bond donors (Lipinski definition) is 3. The average Bonchev–Trinajstić information content (AvgIpc) is 3.05. The summed E-state index contributed by atoms with van der Waals surface area (Å²) in [5.74, 6) is -0.698. The van der Waals surface area contributed by atoms with Gasteiger partial charge in [-0.2, -0.15) is 0 Å². The first-order valence-corrected chi connectivity index (χ1v) is 7.86. The molecule has 0 radical (unpaired) electrons. The number of amides is 2. The Bertz CT molecular complexity index is 744. The molecule has 3 N–H and O–H groups in total. The van der Waals surface area contributed by atoms with Crippen molar-refractivity contribution in [1.82, 2.24) is 5.32 Å². The molecule has 1 aromatic carbocycles. The number of anilines is 1. The molecule has 0 aliphatic heterocycles. The van der Waals surface area contributed by atoms with E-state index in [1.54, 1.807) is 24.3 Å². The van der Waals surface area contributed by atoms with Gasteiger partial charge in [-0.1, -0.05) is 11.6 Å². The molecule has 0 aliphatic rings. The Morgan fingerprint density at radius 1 is 1.32 bits per heavy atom. The van der Waals surface area contributed by atoms with Crippen LogP contribution < -0.4 is 15.4 Å². The number of benzene rings is 1. The first-order valence-electron chi connectivity index (χ1n) is 7.48. The van der Waals surface area contributed by atoms with Crippen molar-refractivity contribution in [2.75, 3.05) is 19.0 Å². The van der Waals surface area contributed by atoms with Crippen LogP contribution in [0.25, 0.3) is 0 Å². The van der Waals surface area contributed by atoms with Crippen LogP contribution in [0.2, 0.25) is 5.02 Å². The van der Waals surface area contributed by atoms with Crippen LogP contribution in [0, 0.1) is 0 Å². The summed E-state index contributed by atoms with van der Waals surface area (Å²) in [5, 5.41) is 15.4. The fourth-order valence-corrected chi connectivity index (χ4v) is 2.39. The average molecular weight is 367 g/mol. The minimum Gasteiger partial charge on any atom is -0.495 e. The maximum atomic E-state index is 11.9. The highest BCUT2D eigenvalue weighted by Crippen LogP contribution is 2.27. The smallest absolute Gasteiger partial charge is 0.313 e. The van der Waals surface area contributed by atoms with Crippen molar-refractivity contribution in [2.45, 2.75) is 18.9 Å². The van der Waals surface area contributed by atoms with Crippen molar-refractivity contribution < 1.29 is 23.8 Å². The highest BCUT2D eigenvalue weighted by Gasteiger charge is 2.25. The SMILES string of the molecule is COc1ccc(NC(=O)C(=O)NCC(C)(O)Cc2ccco2)cc1Cl. The molecule has 1 atom stereocenters. The number of carbonyl (C=O) groups excluding carboxylic acids is 2. The zero-order chi connectivity index (χ0) is 18.4. The van der Waals surface area contributed by atoms with Crippen LogP contribution in [-0.2, 0) is 16.0 Å². The number of ether oxygens (including phenoxy) is 1. The molecule has 1 heterocycles. The molecule has 1 aromatic heterocycles. The standard InChI is InChI=1S/C17H19ClN2O5/c1-17(23,9-12-4-3-7-25-12)10-19-15(21)16(22)20-11-5-6-14(24-2)13(18)8-11/h3-8,23H,9-10H2,1-2H3,(H,19,21)(H,20,22). The molecule has 0 bridgehead atoms. The molecule has 0 aliphatic carbocycles. The molecule has 0 saturated carbocycles. The minimum atomic E-state index is -1.25. The van der Waals surface area contributed by atoms with E-state index in [0.29, 0.717) is 22.2 Å². The number of carbonyl (C=O) groups is 2. The van der Waals surface area contributed by atoms with Crippen molar-refractivity contribution >= 4 is 29.1 Å². The van der Waals surface area contributed by atoms with E-state index in [0.717, 1.165) is 0 Å². The lowest BCUT2D eigenvalue weighted by molar-refractivity contribution is -0.136. The highest BCUT2D eigenvalue weighted by atomic mass is 35.5. The van der Waals surface area contributed by atoms with E-state index < -0.39 is 17.4 Å². The summed E-state index contributed by atoms with van der Waals surface area (Å²) < 4.78 is 10.2. The second kappa shape index (κ2) is 8.04. The molecule has 0 spiro atoms. The Morgan fingerprint density at radius 2 is 2.08 bits per heavy atom. The summed E-state index contributed by atoms with van der Waals surface area (Å²) in [6.07, 6.45) is 1.70. The van der Waals surface area contributed by atoms with E-state index in [4.69, 9.17) is 20.8 Å². The van der Waals surface area contributed by atoms with Gasteiger partial charge in [0.15, 0.2) is 0 Å². The Hall–Kier alpha value is -2.51. The maximum absolute atomic E-state index is 11.9. The largest absolute Gasteiger partial charge is 0.495 e.